The number of nitrogens with two attached hydrogens (primary N) is 1. The van der Waals surface area contributed by atoms with Crippen molar-refractivity contribution in [2.24, 2.45) is 5.73 Å². The van der Waals surface area contributed by atoms with Gasteiger partial charge in [-0.1, -0.05) is 0 Å². The van der Waals surface area contributed by atoms with E-state index < -0.39 is 0 Å². The second-order valence-electron chi connectivity index (χ2n) is 3.77. The average molecular weight is 207 g/mol. The Hall–Kier alpha value is -1.13. The quantitative estimate of drug-likeness (QED) is 0.795. The van der Waals surface area contributed by atoms with Crippen molar-refractivity contribution in [3.63, 3.8) is 0 Å². The van der Waals surface area contributed by atoms with Crippen molar-refractivity contribution in [1.29, 1.82) is 0 Å². The summed E-state index contributed by atoms with van der Waals surface area (Å²) in [5.74, 6) is 0. The van der Waals surface area contributed by atoms with E-state index in [2.05, 4.69) is 16.0 Å². The van der Waals surface area contributed by atoms with E-state index in [4.69, 9.17) is 10.5 Å². The van der Waals surface area contributed by atoms with E-state index in [0.29, 0.717) is 12.6 Å². The third-order valence-electron chi connectivity index (χ3n) is 2.88. The first-order valence-corrected chi connectivity index (χ1v) is 5.27. The molecule has 0 spiro atoms. The van der Waals surface area contributed by atoms with Gasteiger partial charge in [0.1, 0.15) is 0 Å². The molecule has 1 aromatic heterocycles. The van der Waals surface area contributed by atoms with Gasteiger partial charge in [0.2, 0.25) is 0 Å². The third kappa shape index (κ3) is 2.11. The number of pyridine rings is 1. The molecule has 2 heterocycles. The second-order valence-corrected chi connectivity index (χ2v) is 3.77. The molecular weight excluding hydrogens is 190 g/mol. The van der Waals surface area contributed by atoms with Crippen molar-refractivity contribution in [2.45, 2.75) is 19.1 Å². The lowest BCUT2D eigenvalue weighted by Gasteiger charge is -2.20. The van der Waals surface area contributed by atoms with Crippen molar-refractivity contribution in [3.8, 4) is 0 Å². The maximum Gasteiger partial charge on any atom is 0.0772 e. The van der Waals surface area contributed by atoms with Gasteiger partial charge in [-0.05, 0) is 18.6 Å². The SMILES string of the molecule is COC1CCN(c2cccnc2CN)C1. The Morgan fingerprint density at radius 2 is 2.53 bits per heavy atom. The number of anilines is 1. The van der Waals surface area contributed by atoms with E-state index in [1.807, 2.05) is 6.07 Å². The van der Waals surface area contributed by atoms with Gasteiger partial charge >= 0.3 is 0 Å². The first-order valence-electron chi connectivity index (χ1n) is 5.27. The molecule has 0 saturated carbocycles. The first kappa shape index (κ1) is 10.4. The molecule has 2 N–H and O–H groups in total. The predicted octanol–water partition coefficient (Wildman–Crippen LogP) is 0.765. The summed E-state index contributed by atoms with van der Waals surface area (Å²) in [4.78, 5) is 6.58. The molecule has 1 saturated heterocycles. The van der Waals surface area contributed by atoms with Crippen LogP contribution in [0.5, 0.6) is 0 Å². The Labute approximate surface area is 90.0 Å². The van der Waals surface area contributed by atoms with E-state index in [-0.39, 0.29) is 0 Å². The minimum absolute atomic E-state index is 0.343. The normalized spacial score (nSPS) is 20.9. The van der Waals surface area contributed by atoms with Crippen molar-refractivity contribution >= 4 is 5.69 Å². The molecule has 2 rings (SSSR count). The van der Waals surface area contributed by atoms with Crippen LogP contribution in [0.1, 0.15) is 12.1 Å². The van der Waals surface area contributed by atoms with Gasteiger partial charge in [0, 0.05) is 32.9 Å². The lowest BCUT2D eigenvalue weighted by Crippen LogP contribution is -2.24. The van der Waals surface area contributed by atoms with Crippen LogP contribution in [-0.4, -0.2) is 31.3 Å². The van der Waals surface area contributed by atoms with Gasteiger partial charge in [-0.25, -0.2) is 0 Å². The predicted molar refractivity (Wildman–Crippen MR) is 59.8 cm³/mol. The number of methoxy groups -OCH3 is 1. The zero-order chi connectivity index (χ0) is 10.7. The molecule has 15 heavy (non-hydrogen) atoms. The molecule has 1 aromatic rings. The van der Waals surface area contributed by atoms with Crippen LogP contribution in [0.2, 0.25) is 0 Å². The number of hydrogen-bond donors (Lipinski definition) is 1. The molecule has 1 unspecified atom stereocenters. The molecule has 1 aliphatic heterocycles. The zero-order valence-corrected chi connectivity index (χ0v) is 9.02. The van der Waals surface area contributed by atoms with Crippen LogP contribution < -0.4 is 10.6 Å². The van der Waals surface area contributed by atoms with Crippen LogP contribution in [0.4, 0.5) is 5.69 Å². The van der Waals surface area contributed by atoms with Crippen molar-refractivity contribution in [1.82, 2.24) is 4.98 Å². The third-order valence-corrected chi connectivity index (χ3v) is 2.88. The molecule has 4 heteroatoms. The van der Waals surface area contributed by atoms with E-state index in [1.54, 1.807) is 13.3 Å². The highest BCUT2D eigenvalue weighted by Gasteiger charge is 2.23. The fraction of sp³-hybridized carbons (Fsp3) is 0.545. The molecule has 0 amide bonds. The monoisotopic (exact) mass is 207 g/mol. The summed E-state index contributed by atoms with van der Waals surface area (Å²) in [6.45, 7) is 2.46. The van der Waals surface area contributed by atoms with Gasteiger partial charge < -0.3 is 15.4 Å². The molecule has 1 aliphatic rings. The molecule has 1 fully saturated rings. The summed E-state index contributed by atoms with van der Waals surface area (Å²) in [5, 5.41) is 0. The van der Waals surface area contributed by atoms with Gasteiger partial charge in [0.15, 0.2) is 0 Å². The number of rotatable bonds is 3. The average Bonchev–Trinajstić information content (AvgIpc) is 2.77. The van der Waals surface area contributed by atoms with Crippen LogP contribution in [0.25, 0.3) is 0 Å². The topological polar surface area (TPSA) is 51.4 Å². The van der Waals surface area contributed by atoms with Gasteiger partial charge in [0.25, 0.3) is 0 Å². The molecule has 0 aromatic carbocycles. The molecule has 0 aliphatic carbocycles. The van der Waals surface area contributed by atoms with Crippen molar-refractivity contribution in [2.75, 3.05) is 25.1 Å². The van der Waals surface area contributed by atoms with Crippen LogP contribution in [0, 0.1) is 0 Å². The van der Waals surface area contributed by atoms with Crippen LogP contribution in [0.3, 0.4) is 0 Å². The van der Waals surface area contributed by atoms with Gasteiger partial charge in [-0.2, -0.15) is 0 Å². The van der Waals surface area contributed by atoms with E-state index in [1.165, 1.54) is 0 Å². The first-order chi connectivity index (χ1) is 7.35. The highest BCUT2D eigenvalue weighted by molar-refractivity contribution is 5.51. The van der Waals surface area contributed by atoms with E-state index in [0.717, 1.165) is 30.9 Å². The van der Waals surface area contributed by atoms with Crippen LogP contribution >= 0.6 is 0 Å². The van der Waals surface area contributed by atoms with E-state index >= 15 is 0 Å². The summed E-state index contributed by atoms with van der Waals surface area (Å²) in [5.41, 5.74) is 7.78. The lowest BCUT2D eigenvalue weighted by molar-refractivity contribution is 0.121. The van der Waals surface area contributed by atoms with Gasteiger partial charge in [-0.3, -0.25) is 4.98 Å². The van der Waals surface area contributed by atoms with E-state index in [9.17, 15) is 0 Å². The smallest absolute Gasteiger partial charge is 0.0772 e. The number of hydrogen-bond acceptors (Lipinski definition) is 4. The lowest BCUT2D eigenvalue weighted by atomic mass is 10.2. The molecule has 0 radical (unpaired) electrons. The Bertz CT molecular complexity index is 329. The Balaban J connectivity index is 2.16. The summed E-state index contributed by atoms with van der Waals surface area (Å²) in [7, 11) is 1.77. The maximum atomic E-state index is 5.66. The number of ether oxygens (including phenoxy) is 1. The Morgan fingerprint density at radius 3 is 3.20 bits per heavy atom. The largest absolute Gasteiger partial charge is 0.380 e. The zero-order valence-electron chi connectivity index (χ0n) is 9.02. The Kier molecular flexibility index (Phi) is 3.18. The number of aromatic nitrogens is 1. The fourth-order valence-corrected chi connectivity index (χ4v) is 2.01. The summed E-state index contributed by atoms with van der Waals surface area (Å²) >= 11 is 0. The molecule has 0 bridgehead atoms. The molecule has 4 nitrogen and oxygen atoms in total. The molecule has 1 atom stereocenters. The van der Waals surface area contributed by atoms with Crippen molar-refractivity contribution in [3.05, 3.63) is 24.0 Å². The maximum absolute atomic E-state index is 5.66. The van der Waals surface area contributed by atoms with Crippen LogP contribution in [-0.2, 0) is 11.3 Å². The summed E-state index contributed by atoms with van der Waals surface area (Å²) in [6.07, 6.45) is 3.21. The highest BCUT2D eigenvalue weighted by Crippen LogP contribution is 2.23. The minimum atomic E-state index is 0.343. The second kappa shape index (κ2) is 4.59. The van der Waals surface area contributed by atoms with Crippen LogP contribution in [0.15, 0.2) is 18.3 Å². The molecular formula is C11H17N3O. The summed E-state index contributed by atoms with van der Waals surface area (Å²) in [6, 6.07) is 4.03. The fourth-order valence-electron chi connectivity index (χ4n) is 2.01. The highest BCUT2D eigenvalue weighted by atomic mass is 16.5. The number of nitrogens with zero attached hydrogens (tertiary/aromatic N) is 2. The van der Waals surface area contributed by atoms with Gasteiger partial charge in [-0.15, -0.1) is 0 Å². The minimum Gasteiger partial charge on any atom is -0.380 e. The standard InChI is InChI=1S/C11H17N3O/c1-15-9-4-6-14(8-9)11-3-2-5-13-10(11)7-12/h2-3,5,9H,4,6-8,12H2,1H3. The van der Waals surface area contributed by atoms with Gasteiger partial charge in [0.05, 0.1) is 17.5 Å². The molecule has 82 valence electrons. The Morgan fingerprint density at radius 1 is 1.67 bits per heavy atom. The van der Waals surface area contributed by atoms with Crippen molar-refractivity contribution < 1.29 is 4.74 Å². The summed E-state index contributed by atoms with van der Waals surface area (Å²) < 4.78 is 5.34.